The number of rotatable bonds is 8. The van der Waals surface area contributed by atoms with Gasteiger partial charge in [0.25, 0.3) is 0 Å². The summed E-state index contributed by atoms with van der Waals surface area (Å²) in [5, 5.41) is 16.0. The van der Waals surface area contributed by atoms with E-state index in [0.717, 1.165) is 17.0 Å². The molecule has 1 rings (SSSR count). The van der Waals surface area contributed by atoms with Gasteiger partial charge in [0, 0.05) is 26.3 Å². The van der Waals surface area contributed by atoms with Crippen molar-refractivity contribution in [3.63, 3.8) is 0 Å². The van der Waals surface area contributed by atoms with Crippen molar-refractivity contribution in [3.05, 3.63) is 17.0 Å². The van der Waals surface area contributed by atoms with Crippen molar-refractivity contribution in [1.29, 1.82) is 0 Å². The molecular weight excluding hydrogens is 286 g/mol. The van der Waals surface area contributed by atoms with Crippen LogP contribution in [0.15, 0.2) is 0 Å². The van der Waals surface area contributed by atoms with Gasteiger partial charge in [0.05, 0.1) is 24.3 Å². The van der Waals surface area contributed by atoms with Crippen LogP contribution in [0.2, 0.25) is 0 Å². The number of hydrogen-bond donors (Lipinski definition) is 2. The summed E-state index contributed by atoms with van der Waals surface area (Å²) >= 11 is 0. The second-order valence-electron chi connectivity index (χ2n) is 5.89. The van der Waals surface area contributed by atoms with E-state index in [9.17, 15) is 9.59 Å². The van der Waals surface area contributed by atoms with E-state index in [-0.39, 0.29) is 25.4 Å². The Labute approximate surface area is 130 Å². The Morgan fingerprint density at radius 3 is 2.50 bits per heavy atom. The Kier molecular flexibility index (Phi) is 6.11. The fourth-order valence-electron chi connectivity index (χ4n) is 2.60. The van der Waals surface area contributed by atoms with Crippen LogP contribution in [0, 0.1) is 13.8 Å². The molecule has 1 heterocycles. The molecule has 0 aliphatic heterocycles. The van der Waals surface area contributed by atoms with Crippen molar-refractivity contribution in [2.24, 2.45) is 7.05 Å². The van der Waals surface area contributed by atoms with Gasteiger partial charge in [0.2, 0.25) is 5.91 Å². The summed E-state index contributed by atoms with van der Waals surface area (Å²) in [7, 11) is 3.35. The van der Waals surface area contributed by atoms with Crippen molar-refractivity contribution in [3.8, 4) is 0 Å². The van der Waals surface area contributed by atoms with E-state index in [1.165, 1.54) is 7.11 Å². The summed E-state index contributed by atoms with van der Waals surface area (Å²) < 4.78 is 6.82. The molecule has 0 saturated carbocycles. The van der Waals surface area contributed by atoms with Crippen LogP contribution < -0.4 is 5.32 Å². The molecular formula is C15H25N3O4. The molecule has 0 aliphatic carbocycles. The highest BCUT2D eigenvalue weighted by Crippen LogP contribution is 2.15. The standard InChI is InChI=1S/C15H25N3O4/c1-10-12(11(2)18(4)17-10)6-7-13(19)16-15(3,9-22-5)8-14(20)21/h6-9H2,1-5H3,(H,16,19)(H,20,21). The number of aryl methyl sites for hydroxylation is 2. The Balaban J connectivity index is 2.66. The van der Waals surface area contributed by atoms with E-state index in [0.29, 0.717) is 6.42 Å². The Morgan fingerprint density at radius 2 is 2.05 bits per heavy atom. The molecule has 1 amide bonds. The second-order valence-corrected chi connectivity index (χ2v) is 5.89. The minimum absolute atomic E-state index is 0.149. The average molecular weight is 311 g/mol. The smallest absolute Gasteiger partial charge is 0.305 e. The number of carbonyl (C=O) groups is 2. The number of methoxy groups -OCH3 is 1. The number of nitrogens with zero attached hydrogens (tertiary/aromatic N) is 2. The molecule has 0 spiro atoms. The minimum atomic E-state index is -0.973. The lowest BCUT2D eigenvalue weighted by Crippen LogP contribution is -2.50. The van der Waals surface area contributed by atoms with Gasteiger partial charge in [-0.15, -0.1) is 0 Å². The molecule has 1 aromatic rings. The van der Waals surface area contributed by atoms with Crippen LogP contribution in [0.25, 0.3) is 0 Å². The summed E-state index contributed by atoms with van der Waals surface area (Å²) in [4.78, 5) is 23.1. The van der Waals surface area contributed by atoms with Crippen LogP contribution in [-0.2, 0) is 27.8 Å². The first kappa shape index (κ1) is 18.2. The first-order valence-electron chi connectivity index (χ1n) is 7.19. The van der Waals surface area contributed by atoms with Crippen molar-refractivity contribution in [2.75, 3.05) is 13.7 Å². The van der Waals surface area contributed by atoms with Crippen molar-refractivity contribution in [2.45, 2.75) is 45.6 Å². The van der Waals surface area contributed by atoms with Gasteiger partial charge in [-0.3, -0.25) is 14.3 Å². The maximum absolute atomic E-state index is 12.1. The molecule has 0 saturated heterocycles. The van der Waals surface area contributed by atoms with Gasteiger partial charge in [-0.25, -0.2) is 0 Å². The van der Waals surface area contributed by atoms with E-state index in [4.69, 9.17) is 9.84 Å². The maximum atomic E-state index is 12.1. The lowest BCUT2D eigenvalue weighted by atomic mass is 9.98. The summed E-state index contributed by atoms with van der Waals surface area (Å²) in [6, 6.07) is 0. The Bertz CT molecular complexity index is 553. The molecule has 1 atom stereocenters. The van der Waals surface area contributed by atoms with Gasteiger partial charge in [-0.2, -0.15) is 5.10 Å². The van der Waals surface area contributed by atoms with Crippen molar-refractivity contribution in [1.82, 2.24) is 15.1 Å². The van der Waals surface area contributed by atoms with Crippen molar-refractivity contribution < 1.29 is 19.4 Å². The van der Waals surface area contributed by atoms with Gasteiger partial charge in [-0.05, 0) is 32.8 Å². The largest absolute Gasteiger partial charge is 0.481 e. The summed E-state index contributed by atoms with van der Waals surface area (Å²) in [5.74, 6) is -1.16. The van der Waals surface area contributed by atoms with E-state index in [2.05, 4.69) is 10.4 Å². The lowest BCUT2D eigenvalue weighted by molar-refractivity contribution is -0.139. The number of ether oxygens (including phenoxy) is 1. The fraction of sp³-hybridized carbons (Fsp3) is 0.667. The molecule has 0 aromatic carbocycles. The molecule has 124 valence electrons. The fourth-order valence-corrected chi connectivity index (χ4v) is 2.60. The van der Waals surface area contributed by atoms with E-state index in [1.54, 1.807) is 11.6 Å². The molecule has 1 unspecified atom stereocenters. The van der Waals surface area contributed by atoms with Crippen LogP contribution in [0.3, 0.4) is 0 Å². The quantitative estimate of drug-likeness (QED) is 0.746. The molecule has 0 fully saturated rings. The minimum Gasteiger partial charge on any atom is -0.481 e. The summed E-state index contributed by atoms with van der Waals surface area (Å²) in [6.07, 6.45) is 0.678. The number of carboxylic acids is 1. The highest BCUT2D eigenvalue weighted by molar-refractivity contribution is 5.78. The zero-order chi connectivity index (χ0) is 16.9. The third-order valence-electron chi connectivity index (χ3n) is 3.71. The molecule has 7 nitrogen and oxygen atoms in total. The highest BCUT2D eigenvalue weighted by Gasteiger charge is 2.29. The van der Waals surface area contributed by atoms with Gasteiger partial charge in [0.1, 0.15) is 0 Å². The monoisotopic (exact) mass is 311 g/mol. The molecule has 1 aromatic heterocycles. The maximum Gasteiger partial charge on any atom is 0.305 e. The lowest BCUT2D eigenvalue weighted by Gasteiger charge is -2.28. The van der Waals surface area contributed by atoms with E-state index in [1.807, 2.05) is 20.9 Å². The second kappa shape index (κ2) is 7.40. The van der Waals surface area contributed by atoms with Crippen LogP contribution in [0.5, 0.6) is 0 Å². The molecule has 7 heteroatoms. The predicted molar refractivity (Wildman–Crippen MR) is 81.7 cm³/mol. The number of aliphatic carboxylic acids is 1. The number of carbonyl (C=O) groups excluding carboxylic acids is 1. The van der Waals surface area contributed by atoms with Gasteiger partial charge >= 0.3 is 5.97 Å². The topological polar surface area (TPSA) is 93.4 Å². The third kappa shape index (κ3) is 4.84. The SMILES string of the molecule is COCC(C)(CC(=O)O)NC(=O)CCc1c(C)nn(C)c1C. The number of amides is 1. The molecule has 2 N–H and O–H groups in total. The molecule has 22 heavy (non-hydrogen) atoms. The highest BCUT2D eigenvalue weighted by atomic mass is 16.5. The van der Waals surface area contributed by atoms with Crippen LogP contribution in [-0.4, -0.2) is 46.0 Å². The molecule has 0 aliphatic rings. The third-order valence-corrected chi connectivity index (χ3v) is 3.71. The number of nitrogens with one attached hydrogen (secondary N) is 1. The Morgan fingerprint density at radius 1 is 1.41 bits per heavy atom. The van der Waals surface area contributed by atoms with E-state index >= 15 is 0 Å². The van der Waals surface area contributed by atoms with Crippen LogP contribution in [0.1, 0.15) is 36.7 Å². The number of hydrogen-bond acceptors (Lipinski definition) is 4. The first-order valence-corrected chi connectivity index (χ1v) is 7.19. The van der Waals surface area contributed by atoms with Gasteiger partial charge in [-0.1, -0.05) is 0 Å². The molecule has 0 radical (unpaired) electrons. The summed E-state index contributed by atoms with van der Waals surface area (Å²) in [5.41, 5.74) is 2.11. The van der Waals surface area contributed by atoms with Gasteiger partial charge < -0.3 is 15.2 Å². The zero-order valence-electron chi connectivity index (χ0n) is 13.9. The van der Waals surface area contributed by atoms with Crippen LogP contribution in [0.4, 0.5) is 0 Å². The first-order chi connectivity index (χ1) is 10.2. The average Bonchev–Trinajstić information content (AvgIpc) is 2.60. The Hall–Kier alpha value is -1.89. The zero-order valence-corrected chi connectivity index (χ0v) is 13.9. The van der Waals surface area contributed by atoms with E-state index < -0.39 is 11.5 Å². The molecule has 0 bridgehead atoms. The van der Waals surface area contributed by atoms with Gasteiger partial charge in [0.15, 0.2) is 0 Å². The normalized spacial score (nSPS) is 13.7. The van der Waals surface area contributed by atoms with Crippen LogP contribution >= 0.6 is 0 Å². The number of aromatic nitrogens is 2. The number of carboxylic acid groups (broad SMARTS) is 1. The predicted octanol–water partition coefficient (Wildman–Crippen LogP) is 0.966. The van der Waals surface area contributed by atoms with Crippen molar-refractivity contribution >= 4 is 11.9 Å². The summed E-state index contributed by atoms with van der Waals surface area (Å²) in [6.45, 7) is 5.70.